The van der Waals surface area contributed by atoms with Gasteiger partial charge in [0.1, 0.15) is 6.26 Å². The van der Waals surface area contributed by atoms with Crippen molar-refractivity contribution in [1.82, 2.24) is 9.97 Å². The molecule has 0 aliphatic carbocycles. The van der Waals surface area contributed by atoms with Crippen LogP contribution in [0.4, 0.5) is 5.69 Å². The second-order valence-corrected chi connectivity index (χ2v) is 5.78. The van der Waals surface area contributed by atoms with E-state index in [1.807, 2.05) is 57.2 Å². The summed E-state index contributed by atoms with van der Waals surface area (Å²) < 4.78 is 5.46. The molecule has 24 heavy (non-hydrogen) atoms. The maximum Gasteiger partial charge on any atom is 0.230 e. The first kappa shape index (κ1) is 15.9. The van der Waals surface area contributed by atoms with Crippen molar-refractivity contribution in [3.63, 3.8) is 0 Å². The number of hydrogen-bond donors (Lipinski definition) is 1. The van der Waals surface area contributed by atoms with E-state index in [4.69, 9.17) is 4.42 Å². The van der Waals surface area contributed by atoms with E-state index in [0.29, 0.717) is 11.6 Å². The van der Waals surface area contributed by atoms with Crippen LogP contribution in [-0.4, -0.2) is 15.9 Å². The predicted octanol–water partition coefficient (Wildman–Crippen LogP) is 3.84. The molecule has 1 N–H and O–H groups in total. The molecule has 0 saturated heterocycles. The molecule has 0 radical (unpaired) electrons. The average molecular weight is 321 g/mol. The highest BCUT2D eigenvalue weighted by Gasteiger charge is 2.13. The number of nitrogens with one attached hydrogen (secondary N) is 1. The monoisotopic (exact) mass is 321 g/mol. The van der Waals surface area contributed by atoms with Crippen LogP contribution in [0.15, 0.2) is 47.1 Å². The normalized spacial score (nSPS) is 10.6. The summed E-state index contributed by atoms with van der Waals surface area (Å²) in [6, 6.07) is 11.6. The summed E-state index contributed by atoms with van der Waals surface area (Å²) in [6.45, 7) is 5.78. The van der Waals surface area contributed by atoms with Gasteiger partial charge in [0.25, 0.3) is 0 Å². The molecule has 3 aromatic rings. The van der Waals surface area contributed by atoms with E-state index in [1.54, 1.807) is 0 Å². The molecule has 0 bridgehead atoms. The van der Waals surface area contributed by atoms with Crippen LogP contribution >= 0.6 is 0 Å². The van der Waals surface area contributed by atoms with Crippen LogP contribution < -0.4 is 5.32 Å². The zero-order valence-corrected chi connectivity index (χ0v) is 14.0. The fourth-order valence-electron chi connectivity index (χ4n) is 2.66. The minimum Gasteiger partial charge on any atom is -0.444 e. The highest BCUT2D eigenvalue weighted by Crippen LogP contribution is 2.21. The molecule has 2 heterocycles. The van der Waals surface area contributed by atoms with Crippen LogP contribution in [0.25, 0.3) is 11.5 Å². The summed E-state index contributed by atoms with van der Waals surface area (Å²) in [5.74, 6) is 0.377. The van der Waals surface area contributed by atoms with Crippen molar-refractivity contribution in [3.05, 3.63) is 65.3 Å². The Morgan fingerprint density at radius 1 is 1.12 bits per heavy atom. The zero-order valence-electron chi connectivity index (χ0n) is 14.0. The van der Waals surface area contributed by atoms with Crippen molar-refractivity contribution in [2.45, 2.75) is 27.2 Å². The number of nitrogens with zero attached hydrogens (tertiary/aromatic N) is 2. The van der Waals surface area contributed by atoms with Gasteiger partial charge in [-0.2, -0.15) is 0 Å². The lowest BCUT2D eigenvalue weighted by Gasteiger charge is -2.11. The molecule has 0 unspecified atom stereocenters. The molecule has 1 aromatic carbocycles. The Bertz CT molecular complexity index is 846. The molecular formula is C19H19N3O2. The van der Waals surface area contributed by atoms with Gasteiger partial charge in [-0.15, -0.1) is 0 Å². The van der Waals surface area contributed by atoms with E-state index in [0.717, 1.165) is 28.2 Å². The number of pyridine rings is 1. The first-order valence-electron chi connectivity index (χ1n) is 7.77. The molecule has 5 heteroatoms. The Labute approximate surface area is 140 Å². The van der Waals surface area contributed by atoms with Crippen LogP contribution in [0.2, 0.25) is 0 Å². The standard InChI is InChI=1S/C19H19N3O2/c1-12-9-13(2)20-14(3)18(12)22-17(23)10-16-11-24-19(21-16)15-7-5-4-6-8-15/h4-9,11H,10H2,1-3H3,(H,22,23). The van der Waals surface area contributed by atoms with Crippen molar-refractivity contribution in [3.8, 4) is 11.5 Å². The Kier molecular flexibility index (Phi) is 4.42. The predicted molar refractivity (Wildman–Crippen MR) is 92.7 cm³/mol. The lowest BCUT2D eigenvalue weighted by atomic mass is 10.1. The summed E-state index contributed by atoms with van der Waals surface area (Å²) in [7, 11) is 0. The van der Waals surface area contributed by atoms with Crippen molar-refractivity contribution in [1.29, 1.82) is 0 Å². The third kappa shape index (κ3) is 3.51. The van der Waals surface area contributed by atoms with Crippen molar-refractivity contribution in [2.24, 2.45) is 0 Å². The molecule has 0 saturated carbocycles. The number of oxazole rings is 1. The third-order valence-electron chi connectivity index (χ3n) is 3.70. The van der Waals surface area contributed by atoms with Gasteiger partial charge in [0, 0.05) is 11.3 Å². The van der Waals surface area contributed by atoms with E-state index in [-0.39, 0.29) is 12.3 Å². The van der Waals surface area contributed by atoms with Crippen LogP contribution in [0.5, 0.6) is 0 Å². The smallest absolute Gasteiger partial charge is 0.230 e. The van der Waals surface area contributed by atoms with Gasteiger partial charge < -0.3 is 9.73 Å². The van der Waals surface area contributed by atoms with Crippen LogP contribution in [0.3, 0.4) is 0 Å². The number of amides is 1. The van der Waals surface area contributed by atoms with E-state index in [1.165, 1.54) is 6.26 Å². The van der Waals surface area contributed by atoms with Gasteiger partial charge in [-0.1, -0.05) is 18.2 Å². The number of carbonyl (C=O) groups excluding carboxylic acids is 1. The maximum absolute atomic E-state index is 12.3. The summed E-state index contributed by atoms with van der Waals surface area (Å²) in [4.78, 5) is 21.1. The Hall–Kier alpha value is -2.95. The molecule has 0 aliphatic heterocycles. The zero-order chi connectivity index (χ0) is 17.1. The summed E-state index contributed by atoms with van der Waals surface area (Å²) in [6.07, 6.45) is 1.68. The fourth-order valence-corrected chi connectivity index (χ4v) is 2.66. The molecule has 0 atom stereocenters. The number of carbonyl (C=O) groups is 1. The number of anilines is 1. The largest absolute Gasteiger partial charge is 0.444 e. The topological polar surface area (TPSA) is 68.0 Å². The molecule has 0 aliphatic rings. The first-order chi connectivity index (χ1) is 11.5. The molecule has 122 valence electrons. The van der Waals surface area contributed by atoms with Gasteiger partial charge >= 0.3 is 0 Å². The lowest BCUT2D eigenvalue weighted by Crippen LogP contribution is -2.17. The fraction of sp³-hybridized carbons (Fsp3) is 0.211. The second kappa shape index (κ2) is 6.66. The highest BCUT2D eigenvalue weighted by molar-refractivity contribution is 5.93. The first-order valence-corrected chi connectivity index (χ1v) is 7.77. The Balaban J connectivity index is 1.71. The highest BCUT2D eigenvalue weighted by atomic mass is 16.3. The third-order valence-corrected chi connectivity index (χ3v) is 3.70. The molecule has 0 fully saturated rings. The molecule has 0 spiro atoms. The number of benzene rings is 1. The van der Waals surface area contributed by atoms with Gasteiger partial charge in [0.15, 0.2) is 0 Å². The second-order valence-electron chi connectivity index (χ2n) is 5.78. The molecule has 3 rings (SSSR count). The quantitative estimate of drug-likeness (QED) is 0.792. The number of hydrogen-bond acceptors (Lipinski definition) is 4. The molecule has 5 nitrogen and oxygen atoms in total. The van der Waals surface area contributed by atoms with Crippen LogP contribution in [-0.2, 0) is 11.2 Å². The van der Waals surface area contributed by atoms with Crippen molar-refractivity contribution >= 4 is 11.6 Å². The van der Waals surface area contributed by atoms with Gasteiger partial charge in [0.2, 0.25) is 11.8 Å². The summed E-state index contributed by atoms with van der Waals surface area (Å²) in [5, 5.41) is 2.92. The minimum atomic E-state index is -0.139. The van der Waals surface area contributed by atoms with E-state index in [9.17, 15) is 4.79 Å². The molecular weight excluding hydrogens is 302 g/mol. The Morgan fingerprint density at radius 2 is 1.88 bits per heavy atom. The minimum absolute atomic E-state index is 0.139. The van der Waals surface area contributed by atoms with Gasteiger partial charge in [-0.3, -0.25) is 9.78 Å². The molecule has 1 amide bonds. The van der Waals surface area contributed by atoms with E-state index in [2.05, 4.69) is 15.3 Å². The van der Waals surface area contributed by atoms with Crippen molar-refractivity contribution in [2.75, 3.05) is 5.32 Å². The number of aromatic nitrogens is 2. The SMILES string of the molecule is Cc1cc(C)c(NC(=O)Cc2coc(-c3ccccc3)n2)c(C)n1. The number of rotatable bonds is 4. The summed E-state index contributed by atoms with van der Waals surface area (Å²) in [5.41, 5.74) is 4.99. The van der Waals surface area contributed by atoms with E-state index < -0.39 is 0 Å². The van der Waals surface area contributed by atoms with Crippen LogP contribution in [0, 0.1) is 20.8 Å². The van der Waals surface area contributed by atoms with Gasteiger partial charge in [0.05, 0.1) is 23.5 Å². The van der Waals surface area contributed by atoms with Gasteiger partial charge in [-0.25, -0.2) is 4.98 Å². The van der Waals surface area contributed by atoms with Crippen molar-refractivity contribution < 1.29 is 9.21 Å². The number of aryl methyl sites for hydroxylation is 3. The van der Waals surface area contributed by atoms with Crippen LogP contribution in [0.1, 0.15) is 22.6 Å². The average Bonchev–Trinajstić information content (AvgIpc) is 3.00. The molecule has 2 aromatic heterocycles. The summed E-state index contributed by atoms with van der Waals surface area (Å²) >= 11 is 0. The Morgan fingerprint density at radius 3 is 2.58 bits per heavy atom. The van der Waals surface area contributed by atoms with Gasteiger partial charge in [-0.05, 0) is 44.5 Å². The maximum atomic E-state index is 12.3. The lowest BCUT2D eigenvalue weighted by molar-refractivity contribution is -0.115. The van der Waals surface area contributed by atoms with E-state index >= 15 is 0 Å².